The molecule has 4 saturated heterocycles. The van der Waals surface area contributed by atoms with Crippen molar-refractivity contribution >= 4 is 106 Å². The molecular formula is C59H70Cl5F2N11O9. The van der Waals surface area contributed by atoms with Crippen LogP contribution in [0.25, 0.3) is 0 Å². The maximum Gasteiger partial charge on any atom is 0.321 e. The van der Waals surface area contributed by atoms with E-state index in [1.807, 2.05) is 0 Å². The lowest BCUT2D eigenvalue weighted by Gasteiger charge is -2.50. The first-order chi connectivity index (χ1) is 40.1. The third kappa shape index (κ3) is 11.3. The molecule has 2 aliphatic carbocycles. The monoisotopic (exact) mass is 1290 g/mol. The van der Waals surface area contributed by atoms with E-state index in [9.17, 15) is 33.9 Å². The van der Waals surface area contributed by atoms with Crippen molar-refractivity contribution in [2.45, 2.75) is 175 Å². The molecule has 6 fully saturated rings. The molecule has 12 rings (SSSR count). The molecule has 0 bridgehead atoms. The first-order valence-electron chi connectivity index (χ1n) is 28.5. The standard InChI is InChI=1S/C30H34Cl2FN5O4.C23H23Cl2FN4O3.C6H12N2O2.ClH/c1-28(2)6-8-29(9-7-28)30(17-13-36-21(31)12-18(17)37-27(30)41)22(16-5-10-35-25(32)23(16)33)24(38-29)19(39)11-15-3-4-20(26(34)40)42-14-15;1-21(2)4-6-22(7-5-21)23(12-10-28-14(24)9-13(12)29-20(23)33)15(17(30-22)19(31)32)11-3-8-27-18(25)16(11)26;7-4-1-2-5(6(8)9)10-3-4;/h5,10,12-13,15,20,22,24,38H,3-4,6-9,11,14H2,1-2H3,(H2,34,40)(H,37,41);3,8-10,15,17,30H,4-7H2,1-2H3,(H,29,33)(H,31,32);4-5H,1-3,7H2,(H2,8,9);1H/t15-,20-,22-,24-,30+;15-,17+,23?;4-,5+;/m001./s1. The summed E-state index contributed by atoms with van der Waals surface area (Å²) in [6.07, 6.45) is 12.8. The first-order valence-corrected chi connectivity index (χ1v) is 30.0. The van der Waals surface area contributed by atoms with Crippen molar-refractivity contribution in [2.24, 2.45) is 33.9 Å². The van der Waals surface area contributed by atoms with E-state index >= 15 is 8.78 Å². The van der Waals surface area contributed by atoms with Crippen LogP contribution in [0, 0.1) is 28.4 Å². The molecule has 10 atom stereocenters. The van der Waals surface area contributed by atoms with Crippen molar-refractivity contribution in [3.05, 3.63) is 104 Å². The van der Waals surface area contributed by atoms with Gasteiger partial charge < -0.3 is 42.4 Å². The summed E-state index contributed by atoms with van der Waals surface area (Å²) < 4.78 is 42.1. The lowest BCUT2D eigenvalue weighted by Crippen LogP contribution is -2.61. The Morgan fingerprint density at radius 2 is 1.06 bits per heavy atom. The molecule has 464 valence electrons. The number of carboxylic acid groups (broad SMARTS) is 1. The van der Waals surface area contributed by atoms with Crippen molar-refractivity contribution in [3.63, 3.8) is 0 Å². The number of hydrogen-bond donors (Lipinski definition) is 8. The van der Waals surface area contributed by atoms with Crippen LogP contribution in [0.4, 0.5) is 20.2 Å². The molecule has 86 heavy (non-hydrogen) atoms. The normalized spacial score (nSPS) is 30.4. The van der Waals surface area contributed by atoms with Gasteiger partial charge in [-0.2, -0.15) is 0 Å². The topological polar surface area (TPSA) is 319 Å². The van der Waals surface area contributed by atoms with Crippen LogP contribution in [-0.4, -0.2) is 115 Å². The Bertz CT molecular complexity index is 3330. The summed E-state index contributed by atoms with van der Waals surface area (Å²) in [6, 6.07) is 4.00. The summed E-state index contributed by atoms with van der Waals surface area (Å²) >= 11 is 24.5. The molecule has 0 aromatic carbocycles. The molecule has 0 radical (unpaired) electrons. The van der Waals surface area contributed by atoms with Crippen LogP contribution in [-0.2, 0) is 49.1 Å². The highest BCUT2D eigenvalue weighted by atomic mass is 35.5. The molecule has 27 heteroatoms. The number of pyridine rings is 4. The minimum atomic E-state index is -1.43. The van der Waals surface area contributed by atoms with Crippen molar-refractivity contribution in [2.75, 3.05) is 23.8 Å². The number of aromatic nitrogens is 4. The number of nitrogens with one attached hydrogen (secondary N) is 4. The van der Waals surface area contributed by atoms with Gasteiger partial charge in [-0.15, -0.1) is 12.4 Å². The van der Waals surface area contributed by atoms with Gasteiger partial charge >= 0.3 is 5.97 Å². The number of carbonyl (C=O) groups excluding carboxylic acids is 5. The minimum Gasteiger partial charge on any atom is -0.480 e. The van der Waals surface area contributed by atoms with Crippen LogP contribution >= 0.6 is 58.8 Å². The van der Waals surface area contributed by atoms with Gasteiger partial charge in [0.1, 0.15) is 39.4 Å². The van der Waals surface area contributed by atoms with Crippen molar-refractivity contribution in [3.8, 4) is 0 Å². The zero-order chi connectivity index (χ0) is 61.3. The molecule has 4 amide bonds. The maximum atomic E-state index is 16.0. The molecule has 4 aromatic rings. The quantitative estimate of drug-likeness (QED) is 0.0772. The maximum absolute atomic E-state index is 16.0. The third-order valence-electron chi connectivity index (χ3n) is 19.5. The lowest BCUT2D eigenvalue weighted by atomic mass is 9.53. The average Bonchev–Trinajstić information content (AvgIpc) is 1.53. The number of anilines is 2. The lowest BCUT2D eigenvalue weighted by molar-refractivity contribution is -0.140. The van der Waals surface area contributed by atoms with E-state index in [4.69, 9.17) is 73.1 Å². The van der Waals surface area contributed by atoms with Crippen LogP contribution in [0.5, 0.6) is 0 Å². The highest BCUT2D eigenvalue weighted by Gasteiger charge is 2.75. The van der Waals surface area contributed by atoms with E-state index in [0.29, 0.717) is 74.1 Å². The number of primary amides is 2. The molecule has 1 unspecified atom stereocenters. The van der Waals surface area contributed by atoms with Crippen LogP contribution in [0.15, 0.2) is 49.1 Å². The van der Waals surface area contributed by atoms with Crippen LogP contribution < -0.4 is 38.5 Å². The Labute approximate surface area is 522 Å². The number of aliphatic carboxylic acids is 1. The van der Waals surface area contributed by atoms with Crippen molar-refractivity contribution in [1.82, 2.24) is 30.6 Å². The highest BCUT2D eigenvalue weighted by Crippen LogP contribution is 2.66. The van der Waals surface area contributed by atoms with Gasteiger partial charge in [-0.3, -0.25) is 39.4 Å². The second kappa shape index (κ2) is 24.6. The SMILES string of the molecule is CC1(C)CCC2(CC1)N[C@@H](C(=O)C[C@@H]1CC[C@@H](C(N)=O)OC1)[C@H](c1ccnc(Cl)c1F)[C@]21C(=O)Nc2cc(Cl)ncc21.CC1(C)CCC2(CC1)N[C@@H](C(=O)O)[C@H](c1ccnc(Cl)c1F)C21C(=O)Nc2cc(Cl)ncc21.Cl.NC(=O)[C@@H]1CC[C@@H](N)CO1. The number of Topliss-reactive ketones (excluding diaryl/α,β-unsaturated/α-hetero) is 1. The number of amides is 4. The van der Waals surface area contributed by atoms with Gasteiger partial charge in [0.15, 0.2) is 27.7 Å². The zero-order valence-corrected chi connectivity index (χ0v) is 51.6. The number of nitrogens with zero attached hydrogens (tertiary/aromatic N) is 4. The Morgan fingerprint density at radius 1 is 0.640 bits per heavy atom. The number of ether oxygens (including phenoxy) is 2. The summed E-state index contributed by atoms with van der Waals surface area (Å²) in [5.41, 5.74) is 13.6. The molecule has 6 aliphatic heterocycles. The van der Waals surface area contributed by atoms with Crippen LogP contribution in [0.1, 0.15) is 145 Å². The Morgan fingerprint density at radius 3 is 1.45 bits per heavy atom. The van der Waals surface area contributed by atoms with E-state index in [-0.39, 0.29) is 97.6 Å². The van der Waals surface area contributed by atoms with E-state index in [1.54, 1.807) is 18.3 Å². The molecule has 4 aromatic heterocycles. The van der Waals surface area contributed by atoms with E-state index in [2.05, 4.69) is 68.9 Å². The summed E-state index contributed by atoms with van der Waals surface area (Å²) in [5, 5.41) is 22.8. The zero-order valence-electron chi connectivity index (χ0n) is 47.8. The van der Waals surface area contributed by atoms with Gasteiger partial charge in [0, 0.05) is 82.7 Å². The average molecular weight is 1290 g/mol. The second-order valence-electron chi connectivity index (χ2n) is 25.6. The fourth-order valence-corrected chi connectivity index (χ4v) is 15.7. The second-order valence-corrected chi connectivity index (χ2v) is 27.1. The third-order valence-corrected chi connectivity index (χ3v) is 20.5. The molecule has 11 N–H and O–H groups in total. The number of hydrogen-bond acceptors (Lipinski definition) is 15. The van der Waals surface area contributed by atoms with Gasteiger partial charge in [0.05, 0.1) is 19.3 Å². The number of carbonyl (C=O) groups is 6. The smallest absolute Gasteiger partial charge is 0.321 e. The summed E-state index contributed by atoms with van der Waals surface area (Å²) in [5.74, 6) is -6.72. The van der Waals surface area contributed by atoms with Gasteiger partial charge in [-0.25, -0.2) is 28.7 Å². The van der Waals surface area contributed by atoms with Crippen molar-refractivity contribution in [1.29, 1.82) is 0 Å². The summed E-state index contributed by atoms with van der Waals surface area (Å²) in [4.78, 5) is 93.7. The highest BCUT2D eigenvalue weighted by molar-refractivity contribution is 6.31. The molecule has 4 spiro atoms. The number of halogens is 7. The van der Waals surface area contributed by atoms with E-state index < -0.39 is 87.5 Å². The number of rotatable bonds is 8. The Hall–Kier alpha value is -5.27. The van der Waals surface area contributed by atoms with E-state index in [1.165, 1.54) is 30.7 Å². The molecular weight excluding hydrogens is 1220 g/mol. The molecule has 8 aliphatic rings. The fraction of sp³-hybridized carbons (Fsp3) is 0.559. The van der Waals surface area contributed by atoms with Gasteiger partial charge in [0.25, 0.3) is 0 Å². The van der Waals surface area contributed by atoms with Gasteiger partial charge in [-0.05, 0) is 129 Å². The predicted molar refractivity (Wildman–Crippen MR) is 319 cm³/mol. The predicted octanol–water partition coefficient (Wildman–Crippen LogP) is 8.14. The molecule has 10 heterocycles. The van der Waals surface area contributed by atoms with E-state index in [0.717, 1.165) is 32.1 Å². The first kappa shape index (κ1) is 65.2. The molecule has 20 nitrogen and oxygen atoms in total. The van der Waals surface area contributed by atoms with Crippen LogP contribution in [0.2, 0.25) is 20.6 Å². The van der Waals surface area contributed by atoms with Gasteiger partial charge in [-0.1, -0.05) is 74.1 Å². The largest absolute Gasteiger partial charge is 0.480 e. The number of nitrogens with two attached hydrogens (primary N) is 3. The van der Waals surface area contributed by atoms with Crippen molar-refractivity contribution < 1.29 is 52.1 Å². The van der Waals surface area contributed by atoms with Gasteiger partial charge in [0.2, 0.25) is 23.6 Å². The number of ketones is 1. The number of fused-ring (bicyclic) bond motifs is 6. The Balaban J connectivity index is 0.000000178. The number of carboxylic acids is 1. The van der Waals surface area contributed by atoms with Crippen LogP contribution in [0.3, 0.4) is 0 Å². The summed E-state index contributed by atoms with van der Waals surface area (Å²) in [7, 11) is 0. The summed E-state index contributed by atoms with van der Waals surface area (Å²) in [6.45, 7) is 9.35. The Kier molecular flexibility index (Phi) is 18.6. The molecule has 2 saturated carbocycles. The minimum absolute atomic E-state index is 0. The fourth-order valence-electron chi connectivity index (χ4n) is 15.1.